The summed E-state index contributed by atoms with van der Waals surface area (Å²) < 4.78 is 5.02. The summed E-state index contributed by atoms with van der Waals surface area (Å²) in [6.07, 6.45) is 4.86. The van der Waals surface area contributed by atoms with Gasteiger partial charge in [-0.05, 0) is 18.4 Å². The molecule has 1 aromatic rings. The first-order valence-corrected chi connectivity index (χ1v) is 9.41. The number of likely N-dealkylation sites (tertiary alicyclic amines) is 1. The Labute approximate surface area is 163 Å². The second kappa shape index (κ2) is 8.82. The number of rotatable bonds is 7. The zero-order valence-corrected chi connectivity index (χ0v) is 15.9. The Kier molecular flexibility index (Phi) is 6.23. The van der Waals surface area contributed by atoms with Gasteiger partial charge in [0.1, 0.15) is 0 Å². The molecule has 1 aliphatic heterocycles. The molecule has 7 nitrogen and oxygen atoms in total. The minimum Gasteiger partial charge on any atom is -0.456 e. The van der Waals surface area contributed by atoms with E-state index in [-0.39, 0.29) is 49.1 Å². The van der Waals surface area contributed by atoms with Crippen molar-refractivity contribution in [3.05, 3.63) is 48.0 Å². The highest BCUT2D eigenvalue weighted by Crippen LogP contribution is 2.34. The van der Waals surface area contributed by atoms with E-state index >= 15 is 0 Å². The zero-order valence-electron chi connectivity index (χ0n) is 15.9. The number of fused-ring (bicyclic) bond motifs is 1. The molecule has 28 heavy (non-hydrogen) atoms. The number of allylic oxidation sites excluding steroid dienone is 2. The Hall–Kier alpha value is -2.96. The summed E-state index contributed by atoms with van der Waals surface area (Å²) in [4.78, 5) is 51.4. The van der Waals surface area contributed by atoms with Gasteiger partial charge in [-0.25, -0.2) is 0 Å². The monoisotopic (exact) mass is 384 g/mol. The molecular formula is C21H24N2O5. The molecule has 1 saturated heterocycles. The highest BCUT2D eigenvalue weighted by Gasteiger charge is 2.46. The van der Waals surface area contributed by atoms with E-state index in [0.717, 1.165) is 10.5 Å². The first-order chi connectivity index (χ1) is 13.5. The number of hydrogen-bond donors (Lipinski definition) is 0. The number of carbonyl (C=O) groups is 4. The van der Waals surface area contributed by atoms with Crippen molar-refractivity contribution in [2.75, 3.05) is 20.2 Å². The van der Waals surface area contributed by atoms with E-state index in [1.807, 2.05) is 42.5 Å². The third-order valence-corrected chi connectivity index (χ3v) is 5.18. The van der Waals surface area contributed by atoms with Crippen LogP contribution in [0.25, 0.3) is 0 Å². The molecular weight excluding hydrogens is 360 g/mol. The normalized spacial score (nSPS) is 20.8. The predicted molar refractivity (Wildman–Crippen MR) is 101 cm³/mol. The highest BCUT2D eigenvalue weighted by atomic mass is 16.5. The molecule has 7 heteroatoms. The van der Waals surface area contributed by atoms with Crippen molar-refractivity contribution >= 4 is 23.7 Å². The maximum atomic E-state index is 12.3. The van der Waals surface area contributed by atoms with E-state index in [9.17, 15) is 19.2 Å². The number of hydrogen-bond acceptors (Lipinski definition) is 5. The molecule has 0 spiro atoms. The van der Waals surface area contributed by atoms with Crippen LogP contribution in [-0.4, -0.2) is 53.7 Å². The molecule has 148 valence electrons. The lowest BCUT2D eigenvalue weighted by atomic mass is 9.85. The highest BCUT2D eigenvalue weighted by molar-refractivity contribution is 6.05. The van der Waals surface area contributed by atoms with Crippen LogP contribution in [0, 0.1) is 11.8 Å². The largest absolute Gasteiger partial charge is 0.456 e. The summed E-state index contributed by atoms with van der Waals surface area (Å²) in [6, 6.07) is 9.50. The molecule has 2 atom stereocenters. The van der Waals surface area contributed by atoms with Crippen molar-refractivity contribution in [1.29, 1.82) is 0 Å². The topological polar surface area (TPSA) is 84.0 Å². The molecule has 0 bridgehead atoms. The quantitative estimate of drug-likeness (QED) is 0.404. The van der Waals surface area contributed by atoms with Gasteiger partial charge in [0.05, 0.1) is 18.3 Å². The summed E-state index contributed by atoms with van der Waals surface area (Å²) in [5.74, 6) is -1.96. The summed E-state index contributed by atoms with van der Waals surface area (Å²) in [6.45, 7) is 0.0571. The van der Waals surface area contributed by atoms with E-state index in [1.54, 1.807) is 7.05 Å². The lowest BCUT2D eigenvalue weighted by molar-refractivity contribution is -0.152. The average molecular weight is 384 g/mol. The van der Waals surface area contributed by atoms with Crippen molar-refractivity contribution in [2.24, 2.45) is 11.8 Å². The first kappa shape index (κ1) is 19.8. The van der Waals surface area contributed by atoms with Gasteiger partial charge >= 0.3 is 5.97 Å². The molecule has 0 radical (unpaired) electrons. The second-order valence-electron chi connectivity index (χ2n) is 7.13. The fourth-order valence-corrected chi connectivity index (χ4v) is 3.56. The van der Waals surface area contributed by atoms with Gasteiger partial charge in [0.15, 0.2) is 6.61 Å². The third kappa shape index (κ3) is 4.47. The lowest BCUT2D eigenvalue weighted by Crippen LogP contribution is -2.34. The molecule has 0 aromatic heterocycles. The zero-order chi connectivity index (χ0) is 20.1. The van der Waals surface area contributed by atoms with Crippen LogP contribution < -0.4 is 0 Å². The number of likely N-dealkylation sites (N-methyl/N-ethyl adjacent to an activating group) is 1. The number of ether oxygens (including phenoxy) is 1. The minimum atomic E-state index is -0.602. The van der Waals surface area contributed by atoms with E-state index in [1.165, 1.54) is 4.90 Å². The Morgan fingerprint density at radius 1 is 1.07 bits per heavy atom. The van der Waals surface area contributed by atoms with Crippen LogP contribution in [0.15, 0.2) is 42.5 Å². The van der Waals surface area contributed by atoms with Gasteiger partial charge in [0.2, 0.25) is 11.8 Å². The fraction of sp³-hybridized carbons (Fsp3) is 0.429. The van der Waals surface area contributed by atoms with Crippen molar-refractivity contribution in [3.8, 4) is 0 Å². The molecule has 1 aromatic carbocycles. The molecule has 3 amide bonds. The van der Waals surface area contributed by atoms with Crippen LogP contribution >= 0.6 is 0 Å². The summed E-state index contributed by atoms with van der Waals surface area (Å²) in [5, 5.41) is 0. The Morgan fingerprint density at radius 3 is 2.29 bits per heavy atom. The van der Waals surface area contributed by atoms with E-state index < -0.39 is 5.97 Å². The van der Waals surface area contributed by atoms with Gasteiger partial charge < -0.3 is 9.64 Å². The molecule has 0 unspecified atom stereocenters. The fourth-order valence-electron chi connectivity index (χ4n) is 3.56. The molecule has 1 aliphatic carbocycles. The Bertz CT molecular complexity index is 763. The van der Waals surface area contributed by atoms with Crippen molar-refractivity contribution in [2.45, 2.75) is 25.8 Å². The van der Waals surface area contributed by atoms with Crippen LogP contribution in [0.3, 0.4) is 0 Å². The van der Waals surface area contributed by atoms with Gasteiger partial charge in [-0.3, -0.25) is 24.1 Å². The molecule has 2 aliphatic rings. The number of carbonyl (C=O) groups excluding carboxylic acids is 4. The van der Waals surface area contributed by atoms with Gasteiger partial charge in [0.25, 0.3) is 5.91 Å². The molecule has 0 saturated carbocycles. The lowest BCUT2D eigenvalue weighted by Gasteiger charge is -2.18. The molecule has 1 fully saturated rings. The maximum Gasteiger partial charge on any atom is 0.308 e. The standard InChI is InChI=1S/C21H24N2O5/c1-22(13-15-7-3-2-4-8-15)18(24)14-28-19(25)11-12-23-20(26)16-9-5-6-10-17(16)21(23)27/h2-8,16-17H,9-14H2,1H3/t16-,17-/m0/s1. The van der Waals surface area contributed by atoms with Gasteiger partial charge in [0, 0.05) is 20.1 Å². The first-order valence-electron chi connectivity index (χ1n) is 9.41. The van der Waals surface area contributed by atoms with E-state index in [0.29, 0.717) is 19.4 Å². The number of nitrogens with zero attached hydrogens (tertiary/aromatic N) is 2. The molecule has 3 rings (SSSR count). The Balaban J connectivity index is 1.41. The Morgan fingerprint density at radius 2 is 1.68 bits per heavy atom. The summed E-state index contributed by atoms with van der Waals surface area (Å²) >= 11 is 0. The van der Waals surface area contributed by atoms with Crippen LogP contribution in [0.4, 0.5) is 0 Å². The molecule has 0 N–H and O–H groups in total. The molecule has 1 heterocycles. The number of imide groups is 1. The number of amides is 3. The van der Waals surface area contributed by atoms with Crippen LogP contribution in [0.5, 0.6) is 0 Å². The van der Waals surface area contributed by atoms with Crippen molar-refractivity contribution in [3.63, 3.8) is 0 Å². The smallest absolute Gasteiger partial charge is 0.308 e. The van der Waals surface area contributed by atoms with E-state index in [4.69, 9.17) is 4.74 Å². The summed E-state index contributed by atoms with van der Waals surface area (Å²) in [7, 11) is 1.64. The number of benzene rings is 1. The predicted octanol–water partition coefficient (Wildman–Crippen LogP) is 1.53. The van der Waals surface area contributed by atoms with Crippen LogP contribution in [0.1, 0.15) is 24.8 Å². The maximum absolute atomic E-state index is 12.3. The van der Waals surface area contributed by atoms with Crippen molar-refractivity contribution < 1.29 is 23.9 Å². The van der Waals surface area contributed by atoms with Crippen LogP contribution in [0.2, 0.25) is 0 Å². The summed E-state index contributed by atoms with van der Waals surface area (Å²) in [5.41, 5.74) is 0.978. The van der Waals surface area contributed by atoms with Crippen LogP contribution in [-0.2, 0) is 30.5 Å². The van der Waals surface area contributed by atoms with Gasteiger partial charge in [-0.1, -0.05) is 42.5 Å². The van der Waals surface area contributed by atoms with Crippen molar-refractivity contribution in [1.82, 2.24) is 9.80 Å². The van der Waals surface area contributed by atoms with E-state index in [2.05, 4.69) is 0 Å². The van der Waals surface area contributed by atoms with Gasteiger partial charge in [-0.2, -0.15) is 0 Å². The average Bonchev–Trinajstić information content (AvgIpc) is 2.95. The van der Waals surface area contributed by atoms with Gasteiger partial charge in [-0.15, -0.1) is 0 Å². The second-order valence-corrected chi connectivity index (χ2v) is 7.13. The number of esters is 1. The minimum absolute atomic E-state index is 0.00244. The SMILES string of the molecule is CN(Cc1ccccc1)C(=O)COC(=O)CCN1C(=O)[C@H]2CC=CC[C@@H]2C1=O. The third-order valence-electron chi connectivity index (χ3n) is 5.18.